The first-order valence-corrected chi connectivity index (χ1v) is 9.09. The first-order chi connectivity index (χ1) is 11.1. The summed E-state index contributed by atoms with van der Waals surface area (Å²) in [5, 5.41) is 3.94. The SMILES string of the molecule is NC(=O)c1c(NC(=O)CSc2ncccn2)sc2c1CCCC2. The number of hydrogen-bond donors (Lipinski definition) is 2. The van der Waals surface area contributed by atoms with Crippen LogP contribution in [0.4, 0.5) is 5.00 Å². The molecular weight excluding hydrogens is 332 g/mol. The van der Waals surface area contributed by atoms with Gasteiger partial charge in [-0.05, 0) is 37.3 Å². The molecule has 0 fully saturated rings. The van der Waals surface area contributed by atoms with E-state index in [-0.39, 0.29) is 11.7 Å². The summed E-state index contributed by atoms with van der Waals surface area (Å²) in [4.78, 5) is 33.2. The molecule has 6 nitrogen and oxygen atoms in total. The molecule has 1 aliphatic rings. The number of carbonyl (C=O) groups is 2. The third kappa shape index (κ3) is 3.70. The molecule has 0 saturated heterocycles. The van der Waals surface area contributed by atoms with E-state index in [4.69, 9.17) is 5.73 Å². The minimum absolute atomic E-state index is 0.185. The maximum absolute atomic E-state index is 12.1. The Balaban J connectivity index is 1.71. The number of carbonyl (C=O) groups excluding carboxylic acids is 2. The minimum atomic E-state index is -0.473. The number of rotatable bonds is 5. The van der Waals surface area contributed by atoms with Crippen molar-refractivity contribution in [3.63, 3.8) is 0 Å². The Bertz CT molecular complexity index is 731. The molecule has 120 valence electrons. The summed E-state index contributed by atoms with van der Waals surface area (Å²) in [5.74, 6) is -0.479. The second-order valence-corrected chi connectivity index (χ2v) is 7.20. The summed E-state index contributed by atoms with van der Waals surface area (Å²) in [7, 11) is 0. The largest absolute Gasteiger partial charge is 0.365 e. The van der Waals surface area contributed by atoms with Gasteiger partial charge in [-0.3, -0.25) is 9.59 Å². The lowest BCUT2D eigenvalue weighted by atomic mass is 9.95. The van der Waals surface area contributed by atoms with Crippen molar-refractivity contribution in [2.75, 3.05) is 11.1 Å². The summed E-state index contributed by atoms with van der Waals surface area (Å²) in [6.07, 6.45) is 7.23. The van der Waals surface area contributed by atoms with E-state index in [0.29, 0.717) is 15.7 Å². The van der Waals surface area contributed by atoms with Crippen LogP contribution in [0, 0.1) is 0 Å². The van der Waals surface area contributed by atoms with Gasteiger partial charge in [0.25, 0.3) is 5.91 Å². The van der Waals surface area contributed by atoms with Crippen LogP contribution in [-0.4, -0.2) is 27.5 Å². The van der Waals surface area contributed by atoms with Crippen LogP contribution < -0.4 is 11.1 Å². The highest BCUT2D eigenvalue weighted by atomic mass is 32.2. The molecule has 2 amide bonds. The fourth-order valence-corrected chi connectivity index (χ4v) is 4.48. The molecule has 2 aromatic rings. The predicted molar refractivity (Wildman–Crippen MR) is 90.9 cm³/mol. The summed E-state index contributed by atoms with van der Waals surface area (Å²) < 4.78 is 0. The van der Waals surface area contributed by atoms with Gasteiger partial charge in [-0.25, -0.2) is 9.97 Å². The molecule has 0 aromatic carbocycles. The standard InChI is InChI=1S/C15H16N4O2S2/c16-13(21)12-9-4-1-2-5-10(9)23-14(12)19-11(20)8-22-15-17-6-3-7-18-15/h3,6-7H,1-2,4-5,8H2,(H2,16,21)(H,19,20). The highest BCUT2D eigenvalue weighted by Crippen LogP contribution is 2.37. The Morgan fingerprint density at radius 3 is 2.74 bits per heavy atom. The fourth-order valence-electron chi connectivity index (χ4n) is 2.57. The van der Waals surface area contributed by atoms with Crippen LogP contribution in [0.5, 0.6) is 0 Å². The van der Waals surface area contributed by atoms with Crippen LogP contribution >= 0.6 is 23.1 Å². The van der Waals surface area contributed by atoms with Crippen molar-refractivity contribution in [1.29, 1.82) is 0 Å². The van der Waals surface area contributed by atoms with E-state index in [1.807, 2.05) is 0 Å². The highest BCUT2D eigenvalue weighted by Gasteiger charge is 2.24. The zero-order chi connectivity index (χ0) is 16.2. The van der Waals surface area contributed by atoms with Gasteiger partial charge in [0.1, 0.15) is 5.00 Å². The van der Waals surface area contributed by atoms with Crippen LogP contribution in [0.15, 0.2) is 23.6 Å². The molecule has 8 heteroatoms. The van der Waals surface area contributed by atoms with Crippen LogP contribution in [0.25, 0.3) is 0 Å². The Labute approximate surface area is 141 Å². The van der Waals surface area contributed by atoms with Gasteiger partial charge in [0.05, 0.1) is 11.3 Å². The Hall–Kier alpha value is -1.93. The van der Waals surface area contributed by atoms with E-state index >= 15 is 0 Å². The Kier molecular flexibility index (Phi) is 4.92. The number of hydrogen-bond acceptors (Lipinski definition) is 6. The van der Waals surface area contributed by atoms with Gasteiger partial charge in [-0.1, -0.05) is 11.8 Å². The van der Waals surface area contributed by atoms with Crippen molar-refractivity contribution in [3.8, 4) is 0 Å². The van der Waals surface area contributed by atoms with Gasteiger partial charge in [0, 0.05) is 17.3 Å². The number of aryl methyl sites for hydroxylation is 1. The van der Waals surface area contributed by atoms with E-state index in [1.165, 1.54) is 28.0 Å². The van der Waals surface area contributed by atoms with Crippen molar-refractivity contribution >= 4 is 39.9 Å². The maximum Gasteiger partial charge on any atom is 0.251 e. The lowest BCUT2D eigenvalue weighted by molar-refractivity contribution is -0.113. The molecule has 2 heterocycles. The molecule has 0 saturated carbocycles. The average Bonchev–Trinajstić information content (AvgIpc) is 2.91. The highest BCUT2D eigenvalue weighted by molar-refractivity contribution is 7.99. The second kappa shape index (κ2) is 7.10. The van der Waals surface area contributed by atoms with Gasteiger partial charge in [0.15, 0.2) is 5.16 Å². The Morgan fingerprint density at radius 1 is 1.26 bits per heavy atom. The molecule has 2 aromatic heterocycles. The van der Waals surface area contributed by atoms with E-state index in [0.717, 1.165) is 31.2 Å². The van der Waals surface area contributed by atoms with Crippen molar-refractivity contribution in [1.82, 2.24) is 9.97 Å². The second-order valence-electron chi connectivity index (χ2n) is 5.15. The zero-order valence-electron chi connectivity index (χ0n) is 12.4. The summed E-state index contributed by atoms with van der Waals surface area (Å²) in [6.45, 7) is 0. The molecule has 0 bridgehead atoms. The number of primary amides is 1. The van der Waals surface area contributed by atoms with Gasteiger partial charge in [-0.15, -0.1) is 11.3 Å². The van der Waals surface area contributed by atoms with Crippen LogP contribution in [-0.2, 0) is 17.6 Å². The summed E-state index contributed by atoms with van der Waals surface area (Å²) >= 11 is 2.72. The number of nitrogens with zero attached hydrogens (tertiary/aromatic N) is 2. The first kappa shape index (κ1) is 15.9. The van der Waals surface area contributed by atoms with Crippen molar-refractivity contribution in [2.45, 2.75) is 30.8 Å². The van der Waals surface area contributed by atoms with E-state index in [2.05, 4.69) is 15.3 Å². The molecular formula is C15H16N4O2S2. The van der Waals surface area contributed by atoms with Crippen LogP contribution in [0.2, 0.25) is 0 Å². The van der Waals surface area contributed by atoms with E-state index in [9.17, 15) is 9.59 Å². The molecule has 0 aliphatic heterocycles. The van der Waals surface area contributed by atoms with E-state index in [1.54, 1.807) is 18.5 Å². The lowest BCUT2D eigenvalue weighted by Gasteiger charge is -2.11. The molecule has 0 radical (unpaired) electrons. The predicted octanol–water partition coefficient (Wildman–Crippen LogP) is 2.25. The number of fused-ring (bicyclic) bond motifs is 1. The zero-order valence-corrected chi connectivity index (χ0v) is 14.0. The van der Waals surface area contributed by atoms with Gasteiger partial charge >= 0.3 is 0 Å². The first-order valence-electron chi connectivity index (χ1n) is 7.29. The van der Waals surface area contributed by atoms with Crippen LogP contribution in [0.1, 0.15) is 33.6 Å². The molecule has 3 rings (SSSR count). The Morgan fingerprint density at radius 2 is 2.00 bits per heavy atom. The molecule has 0 atom stereocenters. The van der Waals surface area contributed by atoms with Gasteiger partial charge < -0.3 is 11.1 Å². The van der Waals surface area contributed by atoms with E-state index < -0.39 is 5.91 Å². The quantitative estimate of drug-likeness (QED) is 0.638. The monoisotopic (exact) mass is 348 g/mol. The number of anilines is 1. The molecule has 0 unspecified atom stereocenters. The molecule has 1 aliphatic carbocycles. The number of amides is 2. The van der Waals surface area contributed by atoms with Gasteiger partial charge in [0.2, 0.25) is 5.91 Å². The smallest absolute Gasteiger partial charge is 0.251 e. The minimum Gasteiger partial charge on any atom is -0.365 e. The van der Waals surface area contributed by atoms with Gasteiger partial charge in [-0.2, -0.15) is 0 Å². The molecule has 23 heavy (non-hydrogen) atoms. The normalized spacial score (nSPS) is 13.4. The number of nitrogens with one attached hydrogen (secondary N) is 1. The third-order valence-corrected chi connectivity index (χ3v) is 5.63. The molecule has 3 N–H and O–H groups in total. The van der Waals surface area contributed by atoms with Crippen molar-refractivity contribution in [3.05, 3.63) is 34.5 Å². The number of thiophene rings is 1. The topological polar surface area (TPSA) is 98.0 Å². The van der Waals surface area contributed by atoms with Crippen molar-refractivity contribution in [2.24, 2.45) is 5.73 Å². The fraction of sp³-hybridized carbons (Fsp3) is 0.333. The number of nitrogens with two attached hydrogens (primary N) is 1. The number of aromatic nitrogens is 2. The summed E-state index contributed by atoms with van der Waals surface area (Å²) in [6, 6.07) is 1.72. The van der Waals surface area contributed by atoms with Crippen molar-refractivity contribution < 1.29 is 9.59 Å². The van der Waals surface area contributed by atoms with Crippen LogP contribution in [0.3, 0.4) is 0 Å². The molecule has 0 spiro atoms. The maximum atomic E-state index is 12.1. The number of thioether (sulfide) groups is 1. The average molecular weight is 348 g/mol. The third-order valence-electron chi connectivity index (χ3n) is 3.55. The summed E-state index contributed by atoms with van der Waals surface area (Å²) in [5.41, 5.74) is 7.02. The lowest BCUT2D eigenvalue weighted by Crippen LogP contribution is -2.19.